The number of ether oxygens (including phenoxy) is 1. The molecule has 0 spiro atoms. The second-order valence-corrected chi connectivity index (χ2v) is 4.60. The lowest BCUT2D eigenvalue weighted by atomic mass is 10.2. The molecule has 0 radical (unpaired) electrons. The summed E-state index contributed by atoms with van der Waals surface area (Å²) in [6.07, 6.45) is -0.206. The monoisotopic (exact) mass is 253 g/mol. The summed E-state index contributed by atoms with van der Waals surface area (Å²) < 4.78 is 5.48. The second-order valence-electron chi connectivity index (χ2n) is 4.60. The Bertz CT molecular complexity index is 414. The van der Waals surface area contributed by atoms with E-state index in [2.05, 4.69) is 9.97 Å². The van der Waals surface area contributed by atoms with Crippen molar-refractivity contribution >= 4 is 5.95 Å². The van der Waals surface area contributed by atoms with Crippen LogP contribution in [0.4, 0.5) is 5.95 Å². The van der Waals surface area contributed by atoms with Crippen molar-refractivity contribution < 1.29 is 14.9 Å². The van der Waals surface area contributed by atoms with E-state index in [4.69, 9.17) is 9.84 Å². The number of aliphatic hydroxyl groups is 2. The number of aliphatic hydroxyl groups excluding tert-OH is 2. The van der Waals surface area contributed by atoms with E-state index < -0.39 is 0 Å². The smallest absolute Gasteiger partial charge is 0.226 e. The number of nitrogens with zero attached hydrogens (tertiary/aromatic N) is 3. The molecular formula is C12H19N3O3. The van der Waals surface area contributed by atoms with Crippen molar-refractivity contribution in [2.45, 2.75) is 32.6 Å². The predicted molar refractivity (Wildman–Crippen MR) is 66.3 cm³/mol. The third kappa shape index (κ3) is 2.77. The van der Waals surface area contributed by atoms with Gasteiger partial charge in [-0.05, 0) is 19.9 Å². The van der Waals surface area contributed by atoms with Gasteiger partial charge in [0.1, 0.15) is 0 Å². The molecule has 2 N–H and O–H groups in total. The van der Waals surface area contributed by atoms with Gasteiger partial charge in [0.2, 0.25) is 5.95 Å². The van der Waals surface area contributed by atoms with E-state index >= 15 is 0 Å². The van der Waals surface area contributed by atoms with E-state index in [1.54, 1.807) is 6.07 Å². The van der Waals surface area contributed by atoms with Crippen LogP contribution in [-0.4, -0.2) is 52.1 Å². The highest BCUT2D eigenvalue weighted by atomic mass is 16.5. The Morgan fingerprint density at radius 2 is 2.22 bits per heavy atom. The van der Waals surface area contributed by atoms with Crippen LogP contribution < -0.4 is 4.90 Å². The third-order valence-corrected chi connectivity index (χ3v) is 3.02. The third-order valence-electron chi connectivity index (χ3n) is 3.02. The predicted octanol–water partition coefficient (Wildman–Crippen LogP) is -0.137. The molecule has 1 aliphatic heterocycles. The van der Waals surface area contributed by atoms with Gasteiger partial charge in [0.15, 0.2) is 0 Å². The van der Waals surface area contributed by atoms with E-state index in [0.717, 1.165) is 5.69 Å². The Hall–Kier alpha value is -1.24. The van der Waals surface area contributed by atoms with Gasteiger partial charge in [-0.3, -0.25) is 0 Å². The highest BCUT2D eigenvalue weighted by Crippen LogP contribution is 2.18. The SMILES string of the molecule is Cc1cc(CO)nc(N2CC(CO)OCC2C)n1. The van der Waals surface area contributed by atoms with Gasteiger partial charge in [-0.1, -0.05) is 0 Å². The molecule has 0 amide bonds. The summed E-state index contributed by atoms with van der Waals surface area (Å²) in [4.78, 5) is 10.7. The molecule has 0 aromatic carbocycles. The van der Waals surface area contributed by atoms with Crippen LogP contribution in [0.2, 0.25) is 0 Å². The molecule has 6 heteroatoms. The topological polar surface area (TPSA) is 78.7 Å². The first-order valence-electron chi connectivity index (χ1n) is 6.08. The minimum atomic E-state index is -0.206. The van der Waals surface area contributed by atoms with Gasteiger partial charge in [-0.25, -0.2) is 9.97 Å². The maximum Gasteiger partial charge on any atom is 0.226 e. The van der Waals surface area contributed by atoms with Crippen LogP contribution in [0.15, 0.2) is 6.07 Å². The molecule has 2 atom stereocenters. The molecule has 2 rings (SSSR count). The van der Waals surface area contributed by atoms with E-state index in [0.29, 0.717) is 24.8 Å². The Kier molecular flexibility index (Phi) is 4.11. The van der Waals surface area contributed by atoms with Crippen LogP contribution in [0.5, 0.6) is 0 Å². The standard InChI is InChI=1S/C12H19N3O3/c1-8-3-10(5-16)14-12(13-8)15-4-11(6-17)18-7-9(15)2/h3,9,11,16-17H,4-7H2,1-2H3. The summed E-state index contributed by atoms with van der Waals surface area (Å²) in [7, 11) is 0. The van der Waals surface area contributed by atoms with Gasteiger partial charge in [0, 0.05) is 12.2 Å². The van der Waals surface area contributed by atoms with Gasteiger partial charge in [0.25, 0.3) is 0 Å². The molecule has 100 valence electrons. The average molecular weight is 253 g/mol. The van der Waals surface area contributed by atoms with E-state index in [9.17, 15) is 5.11 Å². The fraction of sp³-hybridized carbons (Fsp3) is 0.667. The zero-order valence-electron chi connectivity index (χ0n) is 10.7. The number of hydrogen-bond acceptors (Lipinski definition) is 6. The summed E-state index contributed by atoms with van der Waals surface area (Å²) in [6, 6.07) is 1.92. The van der Waals surface area contributed by atoms with Crippen molar-refractivity contribution in [1.82, 2.24) is 9.97 Å². The molecule has 0 aliphatic carbocycles. The van der Waals surface area contributed by atoms with E-state index in [-0.39, 0.29) is 25.4 Å². The van der Waals surface area contributed by atoms with Crippen molar-refractivity contribution in [2.24, 2.45) is 0 Å². The number of aromatic nitrogens is 2. The van der Waals surface area contributed by atoms with Crippen LogP contribution in [-0.2, 0) is 11.3 Å². The summed E-state index contributed by atoms with van der Waals surface area (Å²) in [5.41, 5.74) is 1.43. The van der Waals surface area contributed by atoms with Crippen molar-refractivity contribution in [3.05, 3.63) is 17.5 Å². The quantitative estimate of drug-likeness (QED) is 0.781. The molecule has 2 heterocycles. The number of anilines is 1. The van der Waals surface area contributed by atoms with Crippen LogP contribution in [0.25, 0.3) is 0 Å². The number of morpholine rings is 1. The van der Waals surface area contributed by atoms with Crippen molar-refractivity contribution in [3.63, 3.8) is 0 Å². The first-order chi connectivity index (χ1) is 8.63. The van der Waals surface area contributed by atoms with Crippen molar-refractivity contribution in [1.29, 1.82) is 0 Å². The maximum absolute atomic E-state index is 9.18. The Labute approximate surface area is 106 Å². The minimum Gasteiger partial charge on any atom is -0.394 e. The second kappa shape index (κ2) is 5.60. The van der Waals surface area contributed by atoms with E-state index in [1.165, 1.54) is 0 Å². The Balaban J connectivity index is 2.25. The molecule has 1 fully saturated rings. The fourth-order valence-electron chi connectivity index (χ4n) is 2.03. The summed E-state index contributed by atoms with van der Waals surface area (Å²) >= 11 is 0. The maximum atomic E-state index is 9.18. The molecule has 0 bridgehead atoms. The van der Waals surface area contributed by atoms with Gasteiger partial charge in [0.05, 0.1) is 37.7 Å². The molecule has 6 nitrogen and oxygen atoms in total. The molecule has 1 saturated heterocycles. The van der Waals surface area contributed by atoms with Gasteiger partial charge in [-0.2, -0.15) is 0 Å². The van der Waals surface area contributed by atoms with Gasteiger partial charge >= 0.3 is 0 Å². The van der Waals surface area contributed by atoms with Crippen LogP contribution in [0.3, 0.4) is 0 Å². The summed E-state index contributed by atoms with van der Waals surface area (Å²) in [5, 5.41) is 18.3. The lowest BCUT2D eigenvalue weighted by molar-refractivity contribution is -0.0108. The number of aryl methyl sites for hydroxylation is 1. The summed E-state index contributed by atoms with van der Waals surface area (Å²) in [5.74, 6) is 0.591. The summed E-state index contributed by atoms with van der Waals surface area (Å²) in [6.45, 7) is 4.89. The normalized spacial score (nSPS) is 24.3. The highest BCUT2D eigenvalue weighted by Gasteiger charge is 2.27. The molecule has 2 unspecified atom stereocenters. The minimum absolute atomic E-state index is 0.0120. The van der Waals surface area contributed by atoms with E-state index in [1.807, 2.05) is 18.7 Å². The number of hydrogen-bond donors (Lipinski definition) is 2. The van der Waals surface area contributed by atoms with Gasteiger partial charge in [-0.15, -0.1) is 0 Å². The van der Waals surface area contributed by atoms with Crippen LogP contribution in [0.1, 0.15) is 18.3 Å². The van der Waals surface area contributed by atoms with Crippen molar-refractivity contribution in [3.8, 4) is 0 Å². The Morgan fingerprint density at radius 3 is 2.89 bits per heavy atom. The average Bonchev–Trinajstić information content (AvgIpc) is 2.38. The highest BCUT2D eigenvalue weighted by molar-refractivity contribution is 5.34. The molecule has 1 aromatic rings. The fourth-order valence-corrected chi connectivity index (χ4v) is 2.03. The molecule has 18 heavy (non-hydrogen) atoms. The first kappa shape index (κ1) is 13.2. The van der Waals surface area contributed by atoms with Crippen molar-refractivity contribution in [2.75, 3.05) is 24.7 Å². The van der Waals surface area contributed by atoms with Gasteiger partial charge < -0.3 is 19.8 Å². The lowest BCUT2D eigenvalue weighted by Gasteiger charge is -2.37. The number of rotatable bonds is 3. The van der Waals surface area contributed by atoms with Crippen LogP contribution in [0, 0.1) is 6.92 Å². The zero-order valence-corrected chi connectivity index (χ0v) is 10.7. The largest absolute Gasteiger partial charge is 0.394 e. The first-order valence-corrected chi connectivity index (χ1v) is 6.08. The molecular weight excluding hydrogens is 234 g/mol. The van der Waals surface area contributed by atoms with Crippen LogP contribution >= 0.6 is 0 Å². The lowest BCUT2D eigenvalue weighted by Crippen LogP contribution is -2.50. The molecule has 1 aromatic heterocycles. The molecule has 0 saturated carbocycles. The zero-order chi connectivity index (χ0) is 13.1. The molecule has 1 aliphatic rings. The Morgan fingerprint density at radius 1 is 1.44 bits per heavy atom.